The predicted octanol–water partition coefficient (Wildman–Crippen LogP) is 0.286. The minimum atomic E-state index is 0.0516. The van der Waals surface area contributed by atoms with Crippen molar-refractivity contribution < 1.29 is 5.11 Å². The van der Waals surface area contributed by atoms with Gasteiger partial charge in [0.1, 0.15) is 10.7 Å². The van der Waals surface area contributed by atoms with Gasteiger partial charge in [0.25, 0.3) is 0 Å². The summed E-state index contributed by atoms with van der Waals surface area (Å²) in [5, 5.41) is 20.8. The lowest BCUT2D eigenvalue weighted by molar-refractivity contribution is 0.295. The van der Waals surface area contributed by atoms with E-state index in [9.17, 15) is 0 Å². The fourth-order valence-electron chi connectivity index (χ4n) is 1.39. The first kappa shape index (κ1) is 10.3. The van der Waals surface area contributed by atoms with Gasteiger partial charge < -0.3 is 10.8 Å². The van der Waals surface area contributed by atoms with Gasteiger partial charge in [-0.05, 0) is 5.75 Å². The molecule has 0 fully saturated rings. The van der Waals surface area contributed by atoms with E-state index < -0.39 is 0 Å². The van der Waals surface area contributed by atoms with Gasteiger partial charge in [-0.2, -0.15) is 0 Å². The van der Waals surface area contributed by atoms with Crippen LogP contribution in [0.25, 0.3) is 5.65 Å². The fourth-order valence-corrected chi connectivity index (χ4v) is 2.08. The number of rotatable bonds is 4. The van der Waals surface area contributed by atoms with Crippen LogP contribution in [-0.4, -0.2) is 37.3 Å². The molecule has 2 aromatic rings. The molecule has 2 heterocycles. The lowest BCUT2D eigenvalue weighted by Gasteiger charge is -1.94. The standard InChI is InChI=1S/C8H13N5OS/c1-2-15-8-6(9)7-11-10-5(3-4-14)13(7)12-8/h12,14H,2-4,9H2,1H3. The summed E-state index contributed by atoms with van der Waals surface area (Å²) >= 11 is 1.63. The number of H-pyrrole nitrogens is 1. The van der Waals surface area contributed by atoms with Gasteiger partial charge in [0.2, 0.25) is 5.65 Å². The first-order valence-corrected chi connectivity index (χ1v) is 5.71. The number of thioether (sulfide) groups is 1. The van der Waals surface area contributed by atoms with Crippen molar-refractivity contribution in [2.45, 2.75) is 18.4 Å². The number of anilines is 1. The highest BCUT2D eigenvalue weighted by molar-refractivity contribution is 7.99. The van der Waals surface area contributed by atoms with Crippen molar-refractivity contribution in [3.05, 3.63) is 5.82 Å². The van der Waals surface area contributed by atoms with Crippen LogP contribution in [0, 0.1) is 0 Å². The summed E-state index contributed by atoms with van der Waals surface area (Å²) in [6.07, 6.45) is 0.470. The third-order valence-electron chi connectivity index (χ3n) is 2.05. The van der Waals surface area contributed by atoms with Crippen molar-refractivity contribution in [1.82, 2.24) is 19.8 Å². The number of fused-ring (bicyclic) bond motifs is 1. The maximum Gasteiger partial charge on any atom is 0.201 e. The van der Waals surface area contributed by atoms with Gasteiger partial charge in [-0.3, -0.25) is 5.10 Å². The molecule has 0 saturated carbocycles. The van der Waals surface area contributed by atoms with Crippen LogP contribution in [0.5, 0.6) is 0 Å². The first-order chi connectivity index (χ1) is 7.27. The lowest BCUT2D eigenvalue weighted by Crippen LogP contribution is -1.99. The molecule has 2 rings (SSSR count). The topological polar surface area (TPSA) is 92.2 Å². The van der Waals surface area contributed by atoms with Crippen molar-refractivity contribution in [3.63, 3.8) is 0 Å². The molecule has 0 aliphatic carbocycles. The Morgan fingerprint density at radius 3 is 3.00 bits per heavy atom. The molecular weight excluding hydrogens is 214 g/mol. The van der Waals surface area contributed by atoms with Gasteiger partial charge in [-0.25, -0.2) is 4.52 Å². The van der Waals surface area contributed by atoms with E-state index in [4.69, 9.17) is 10.8 Å². The zero-order valence-electron chi connectivity index (χ0n) is 8.40. The van der Waals surface area contributed by atoms with E-state index in [1.54, 1.807) is 16.3 Å². The van der Waals surface area contributed by atoms with Crippen LogP contribution in [0.2, 0.25) is 0 Å². The van der Waals surface area contributed by atoms with Gasteiger partial charge in [0, 0.05) is 6.42 Å². The Labute approximate surface area is 90.9 Å². The summed E-state index contributed by atoms with van der Waals surface area (Å²) < 4.78 is 1.73. The number of nitrogens with one attached hydrogen (secondary N) is 1. The van der Waals surface area contributed by atoms with E-state index in [-0.39, 0.29) is 6.61 Å². The predicted molar refractivity (Wildman–Crippen MR) is 58.9 cm³/mol. The van der Waals surface area contributed by atoms with Crippen molar-refractivity contribution in [2.75, 3.05) is 18.1 Å². The quantitative estimate of drug-likeness (QED) is 0.653. The third kappa shape index (κ3) is 1.68. The molecule has 4 N–H and O–H groups in total. The number of aliphatic hydroxyl groups is 1. The first-order valence-electron chi connectivity index (χ1n) is 4.73. The van der Waals surface area contributed by atoms with Gasteiger partial charge in [-0.15, -0.1) is 22.0 Å². The highest BCUT2D eigenvalue weighted by Crippen LogP contribution is 2.26. The average Bonchev–Trinajstić information content (AvgIpc) is 2.73. The molecule has 2 aromatic heterocycles. The van der Waals surface area contributed by atoms with Crippen LogP contribution in [0.4, 0.5) is 5.69 Å². The van der Waals surface area contributed by atoms with Crippen LogP contribution >= 0.6 is 11.8 Å². The zero-order chi connectivity index (χ0) is 10.8. The molecule has 7 heteroatoms. The van der Waals surface area contributed by atoms with Crippen LogP contribution in [-0.2, 0) is 6.42 Å². The molecule has 0 atom stereocenters. The smallest absolute Gasteiger partial charge is 0.201 e. The number of hydrogen-bond donors (Lipinski definition) is 3. The molecule has 0 bridgehead atoms. The second-order valence-corrected chi connectivity index (χ2v) is 4.31. The van der Waals surface area contributed by atoms with Gasteiger partial charge in [0.15, 0.2) is 5.82 Å². The average molecular weight is 227 g/mol. The Kier molecular flexibility index (Phi) is 2.83. The maximum absolute atomic E-state index is 8.85. The van der Waals surface area contributed by atoms with E-state index in [0.717, 1.165) is 10.8 Å². The molecule has 0 aromatic carbocycles. The Hall–Kier alpha value is -1.21. The summed E-state index contributed by atoms with van der Waals surface area (Å²) in [7, 11) is 0. The molecule has 0 unspecified atom stereocenters. The normalized spacial score (nSPS) is 11.3. The molecular formula is C8H13N5OS. The number of nitrogens with two attached hydrogens (primary N) is 1. The molecule has 0 saturated heterocycles. The third-order valence-corrected chi connectivity index (χ3v) is 2.94. The van der Waals surface area contributed by atoms with Crippen molar-refractivity contribution >= 4 is 23.1 Å². The second-order valence-electron chi connectivity index (χ2n) is 3.04. The number of aliphatic hydroxyl groups excluding tert-OH is 1. The van der Waals surface area contributed by atoms with Crippen LogP contribution in [0.1, 0.15) is 12.7 Å². The summed E-state index contributed by atoms with van der Waals surface area (Å²) in [5.74, 6) is 1.64. The van der Waals surface area contributed by atoms with Crippen molar-refractivity contribution in [2.24, 2.45) is 0 Å². The molecule has 0 aliphatic heterocycles. The maximum atomic E-state index is 8.85. The van der Waals surface area contributed by atoms with E-state index in [1.165, 1.54) is 0 Å². The Morgan fingerprint density at radius 2 is 2.33 bits per heavy atom. The van der Waals surface area contributed by atoms with Gasteiger partial charge in [0.05, 0.1) is 6.61 Å². The van der Waals surface area contributed by atoms with Crippen molar-refractivity contribution in [1.29, 1.82) is 0 Å². The van der Waals surface area contributed by atoms with E-state index in [0.29, 0.717) is 23.6 Å². The molecule has 0 amide bonds. The van der Waals surface area contributed by atoms with Gasteiger partial charge >= 0.3 is 0 Å². The highest BCUT2D eigenvalue weighted by atomic mass is 32.2. The van der Waals surface area contributed by atoms with E-state index in [1.807, 2.05) is 0 Å². The van der Waals surface area contributed by atoms with Crippen LogP contribution in [0.3, 0.4) is 0 Å². The number of nitrogen functional groups attached to an aromatic ring is 1. The summed E-state index contributed by atoms with van der Waals surface area (Å²) in [6.45, 7) is 2.11. The largest absolute Gasteiger partial charge is 0.396 e. The van der Waals surface area contributed by atoms with E-state index in [2.05, 4.69) is 22.2 Å². The SMILES string of the molecule is CCSc1[nH]n2c(CCO)nnc2c1N. The lowest BCUT2D eigenvalue weighted by atomic mass is 10.4. The Balaban J connectivity index is 2.46. The summed E-state index contributed by atoms with van der Waals surface area (Å²) in [5.41, 5.74) is 7.15. The Morgan fingerprint density at radius 1 is 1.53 bits per heavy atom. The number of nitrogens with zero attached hydrogens (tertiary/aromatic N) is 3. The molecule has 6 nitrogen and oxygen atoms in total. The Bertz CT molecular complexity index is 463. The highest BCUT2D eigenvalue weighted by Gasteiger charge is 2.14. The number of aromatic amines is 1. The van der Waals surface area contributed by atoms with Crippen LogP contribution in [0.15, 0.2) is 5.03 Å². The van der Waals surface area contributed by atoms with Crippen molar-refractivity contribution in [3.8, 4) is 0 Å². The molecule has 15 heavy (non-hydrogen) atoms. The fraction of sp³-hybridized carbons (Fsp3) is 0.500. The minimum absolute atomic E-state index is 0.0516. The number of aromatic nitrogens is 4. The van der Waals surface area contributed by atoms with Gasteiger partial charge in [-0.1, -0.05) is 6.92 Å². The molecule has 82 valence electrons. The molecule has 0 radical (unpaired) electrons. The second kappa shape index (κ2) is 4.11. The number of hydrogen-bond acceptors (Lipinski definition) is 5. The summed E-state index contributed by atoms with van der Waals surface area (Å²) in [4.78, 5) is 0. The minimum Gasteiger partial charge on any atom is -0.396 e. The zero-order valence-corrected chi connectivity index (χ0v) is 9.21. The molecule has 0 aliphatic rings. The molecule has 0 spiro atoms. The monoisotopic (exact) mass is 227 g/mol. The van der Waals surface area contributed by atoms with Crippen LogP contribution < -0.4 is 5.73 Å². The summed E-state index contributed by atoms with van der Waals surface area (Å²) in [6, 6.07) is 0. The van der Waals surface area contributed by atoms with E-state index >= 15 is 0 Å².